The molecular weight excluding hydrogens is 375 g/mol. The Kier molecular flexibility index (Phi) is 4.82. The number of nitrogens with zero attached hydrogens (tertiary/aromatic N) is 3. The smallest absolute Gasteiger partial charge is 0.335 e. The summed E-state index contributed by atoms with van der Waals surface area (Å²) in [6.07, 6.45) is 1.56. The summed E-state index contributed by atoms with van der Waals surface area (Å²) in [7, 11) is 1.51. The van der Waals surface area contributed by atoms with Crippen LogP contribution in [-0.2, 0) is 11.3 Å². The van der Waals surface area contributed by atoms with Gasteiger partial charge in [-0.2, -0.15) is 0 Å². The number of pyridine rings is 1. The number of hydrogen-bond donors (Lipinski definition) is 1. The largest absolute Gasteiger partial charge is 0.495 e. The fourth-order valence-electron chi connectivity index (χ4n) is 3.14. The van der Waals surface area contributed by atoms with Gasteiger partial charge in [0.05, 0.1) is 24.0 Å². The lowest BCUT2D eigenvalue weighted by Crippen LogP contribution is -2.29. The van der Waals surface area contributed by atoms with Crippen LogP contribution < -0.4 is 15.7 Å². The number of anilines is 1. The molecule has 4 rings (SSSR count). The Bertz CT molecular complexity index is 1250. The molecule has 146 valence electrons. The molecule has 2 aromatic carbocycles. The lowest BCUT2D eigenvalue weighted by Gasteiger charge is -2.10. The number of methoxy groups -OCH3 is 1. The summed E-state index contributed by atoms with van der Waals surface area (Å²) in [5, 5.41) is 2.76. The molecule has 0 bridgehead atoms. The van der Waals surface area contributed by atoms with Gasteiger partial charge in [0.25, 0.3) is 0 Å². The fourth-order valence-corrected chi connectivity index (χ4v) is 3.14. The molecule has 8 heteroatoms. The van der Waals surface area contributed by atoms with Crippen LogP contribution in [0.4, 0.5) is 10.1 Å². The highest BCUT2D eigenvalue weighted by molar-refractivity contribution is 5.93. The van der Waals surface area contributed by atoms with Gasteiger partial charge in [0.1, 0.15) is 18.1 Å². The van der Waals surface area contributed by atoms with Crippen LogP contribution in [0.25, 0.3) is 16.9 Å². The Morgan fingerprint density at radius 3 is 2.62 bits per heavy atom. The van der Waals surface area contributed by atoms with Gasteiger partial charge in [-0.1, -0.05) is 12.1 Å². The summed E-state index contributed by atoms with van der Waals surface area (Å²) >= 11 is 0. The third kappa shape index (κ3) is 3.47. The number of fused-ring (bicyclic) bond motifs is 1. The minimum Gasteiger partial charge on any atom is -0.495 e. The number of imidazole rings is 1. The molecular formula is C21H17FN4O3. The maximum absolute atomic E-state index is 13.3. The van der Waals surface area contributed by atoms with Gasteiger partial charge in [0, 0.05) is 6.20 Å². The zero-order valence-corrected chi connectivity index (χ0v) is 15.5. The molecule has 2 heterocycles. The number of rotatable bonds is 5. The molecule has 4 aromatic rings. The molecule has 29 heavy (non-hydrogen) atoms. The van der Waals surface area contributed by atoms with E-state index in [9.17, 15) is 14.0 Å². The van der Waals surface area contributed by atoms with Crippen LogP contribution in [-0.4, -0.2) is 27.1 Å². The van der Waals surface area contributed by atoms with Crippen LogP contribution in [0, 0.1) is 5.82 Å². The lowest BCUT2D eigenvalue weighted by atomic mass is 10.3. The highest BCUT2D eigenvalue weighted by Gasteiger charge is 2.18. The van der Waals surface area contributed by atoms with E-state index in [1.165, 1.54) is 40.5 Å². The van der Waals surface area contributed by atoms with Crippen molar-refractivity contribution >= 4 is 22.8 Å². The first-order valence-corrected chi connectivity index (χ1v) is 8.83. The number of nitrogens with one attached hydrogen (secondary N) is 1. The molecule has 0 atom stereocenters. The van der Waals surface area contributed by atoms with Crippen LogP contribution in [0.1, 0.15) is 0 Å². The Labute approximate surface area is 165 Å². The second-order valence-electron chi connectivity index (χ2n) is 6.28. The van der Waals surface area contributed by atoms with Crippen LogP contribution >= 0.6 is 0 Å². The molecule has 0 spiro atoms. The maximum atomic E-state index is 13.3. The van der Waals surface area contributed by atoms with E-state index >= 15 is 0 Å². The van der Waals surface area contributed by atoms with Crippen molar-refractivity contribution in [3.05, 3.63) is 83.2 Å². The molecule has 0 radical (unpaired) electrons. The van der Waals surface area contributed by atoms with E-state index in [0.717, 1.165) is 0 Å². The molecule has 0 fully saturated rings. The van der Waals surface area contributed by atoms with Gasteiger partial charge in [0.2, 0.25) is 5.91 Å². The Morgan fingerprint density at radius 2 is 1.86 bits per heavy atom. The van der Waals surface area contributed by atoms with Crippen molar-refractivity contribution < 1.29 is 13.9 Å². The highest BCUT2D eigenvalue weighted by Crippen LogP contribution is 2.23. The molecule has 0 saturated carbocycles. The number of carbonyl (C=O) groups is 1. The molecule has 1 amide bonds. The summed E-state index contributed by atoms with van der Waals surface area (Å²) < 4.78 is 21.2. The molecule has 2 aromatic heterocycles. The van der Waals surface area contributed by atoms with Crippen LogP contribution in [0.3, 0.4) is 0 Å². The normalized spacial score (nSPS) is 10.8. The van der Waals surface area contributed by atoms with Gasteiger partial charge in [0.15, 0.2) is 5.65 Å². The minimum absolute atomic E-state index is 0.215. The standard InChI is InChI=1S/C21H17FN4O3/c1-29-18-7-3-2-5-16(18)24-19(27)13-25-17-6-4-12-23-20(17)26(21(25)28)15-10-8-14(22)9-11-15/h2-12H,13H2,1H3,(H,24,27). The van der Waals surface area contributed by atoms with Gasteiger partial charge >= 0.3 is 5.69 Å². The monoisotopic (exact) mass is 392 g/mol. The number of aromatic nitrogens is 3. The van der Waals surface area contributed by atoms with Crippen molar-refractivity contribution in [1.82, 2.24) is 14.1 Å². The molecule has 0 unspecified atom stereocenters. The zero-order chi connectivity index (χ0) is 20.4. The fraction of sp³-hybridized carbons (Fsp3) is 0.0952. The zero-order valence-electron chi connectivity index (χ0n) is 15.5. The second-order valence-corrected chi connectivity index (χ2v) is 6.28. The van der Waals surface area contributed by atoms with Crippen molar-refractivity contribution in [3.8, 4) is 11.4 Å². The quantitative estimate of drug-likeness (QED) is 0.566. The molecule has 0 saturated heterocycles. The number of benzene rings is 2. The summed E-state index contributed by atoms with van der Waals surface area (Å²) in [6.45, 7) is -0.215. The van der Waals surface area contributed by atoms with Gasteiger partial charge in [-0.25, -0.2) is 18.7 Å². The first kappa shape index (κ1) is 18.4. The average Bonchev–Trinajstić information content (AvgIpc) is 3.01. The molecule has 7 nitrogen and oxygen atoms in total. The highest BCUT2D eigenvalue weighted by atomic mass is 19.1. The van der Waals surface area contributed by atoms with Gasteiger partial charge in [-0.3, -0.25) is 9.36 Å². The van der Waals surface area contributed by atoms with Gasteiger partial charge < -0.3 is 10.1 Å². The second kappa shape index (κ2) is 7.59. The molecule has 1 N–H and O–H groups in total. The Hall–Kier alpha value is -3.94. The summed E-state index contributed by atoms with van der Waals surface area (Å²) in [5.41, 5.74) is 1.41. The van der Waals surface area contributed by atoms with Crippen LogP contribution in [0.15, 0.2) is 71.7 Å². The number of hydrogen-bond acceptors (Lipinski definition) is 4. The SMILES string of the molecule is COc1ccccc1NC(=O)Cn1c(=O)n(-c2ccc(F)cc2)c2ncccc21. The number of amides is 1. The first-order chi connectivity index (χ1) is 14.1. The minimum atomic E-state index is -0.444. The van der Waals surface area contributed by atoms with Gasteiger partial charge in [-0.15, -0.1) is 0 Å². The molecule has 0 aliphatic carbocycles. The van der Waals surface area contributed by atoms with E-state index in [0.29, 0.717) is 28.3 Å². The predicted molar refractivity (Wildman–Crippen MR) is 107 cm³/mol. The van der Waals surface area contributed by atoms with Crippen LogP contribution in [0.5, 0.6) is 5.75 Å². The van der Waals surface area contributed by atoms with Crippen molar-refractivity contribution in [2.45, 2.75) is 6.54 Å². The lowest BCUT2D eigenvalue weighted by molar-refractivity contribution is -0.116. The summed E-state index contributed by atoms with van der Waals surface area (Å²) in [5.74, 6) is -0.281. The van der Waals surface area contributed by atoms with E-state index < -0.39 is 17.4 Å². The van der Waals surface area contributed by atoms with Gasteiger partial charge in [-0.05, 0) is 48.5 Å². The number of para-hydroxylation sites is 2. The average molecular weight is 392 g/mol. The third-order valence-corrected chi connectivity index (χ3v) is 4.46. The Balaban J connectivity index is 1.73. The number of halogens is 1. The summed E-state index contributed by atoms with van der Waals surface area (Å²) in [4.78, 5) is 30.0. The number of ether oxygens (including phenoxy) is 1. The van der Waals surface area contributed by atoms with E-state index in [-0.39, 0.29) is 6.54 Å². The Morgan fingerprint density at radius 1 is 1.10 bits per heavy atom. The number of carbonyl (C=O) groups excluding carboxylic acids is 1. The first-order valence-electron chi connectivity index (χ1n) is 8.83. The van der Waals surface area contributed by atoms with Crippen molar-refractivity contribution in [1.29, 1.82) is 0 Å². The topological polar surface area (TPSA) is 78.1 Å². The van der Waals surface area contributed by atoms with E-state index in [1.54, 1.807) is 42.6 Å². The van der Waals surface area contributed by atoms with Crippen molar-refractivity contribution in [3.63, 3.8) is 0 Å². The summed E-state index contributed by atoms with van der Waals surface area (Å²) in [6, 6.07) is 15.9. The molecule has 0 aliphatic rings. The van der Waals surface area contributed by atoms with Crippen LogP contribution in [0.2, 0.25) is 0 Å². The van der Waals surface area contributed by atoms with E-state index in [1.807, 2.05) is 0 Å². The van der Waals surface area contributed by atoms with E-state index in [2.05, 4.69) is 10.3 Å². The molecule has 0 aliphatic heterocycles. The van der Waals surface area contributed by atoms with Crippen molar-refractivity contribution in [2.24, 2.45) is 0 Å². The maximum Gasteiger partial charge on any atom is 0.335 e. The van der Waals surface area contributed by atoms with Crippen molar-refractivity contribution in [2.75, 3.05) is 12.4 Å². The van der Waals surface area contributed by atoms with E-state index in [4.69, 9.17) is 4.74 Å². The predicted octanol–water partition coefficient (Wildman–Crippen LogP) is 2.97. The third-order valence-electron chi connectivity index (χ3n) is 4.46.